The van der Waals surface area contributed by atoms with Gasteiger partial charge in [-0.15, -0.1) is 0 Å². The standard InChI is InChI=1S/C22H22FN3O3/c1-2-22(16-9-11-17(23)12-10-16)20(28)26(21(29)24-22)14-19(27)25-13-5-7-15-6-3-4-8-18(15)25/h3-4,6,8-12H,2,5,7,13-14H2,1H3,(H,24,29)/t22-/m1/s1. The van der Waals surface area contributed by atoms with Crippen molar-refractivity contribution in [2.75, 3.05) is 18.0 Å². The number of benzene rings is 2. The fraction of sp³-hybridized carbons (Fsp3) is 0.318. The molecule has 0 saturated carbocycles. The van der Waals surface area contributed by atoms with Crippen LogP contribution in [-0.2, 0) is 21.5 Å². The molecule has 7 heteroatoms. The quantitative estimate of drug-likeness (QED) is 0.810. The van der Waals surface area contributed by atoms with Crippen LogP contribution in [0.5, 0.6) is 0 Å². The Bertz CT molecular complexity index is 976. The minimum absolute atomic E-state index is 0.292. The third kappa shape index (κ3) is 3.16. The van der Waals surface area contributed by atoms with Crippen molar-refractivity contribution < 1.29 is 18.8 Å². The van der Waals surface area contributed by atoms with Crippen LogP contribution in [0.3, 0.4) is 0 Å². The van der Waals surface area contributed by atoms with Crippen LogP contribution < -0.4 is 10.2 Å². The summed E-state index contributed by atoms with van der Waals surface area (Å²) in [4.78, 5) is 41.4. The lowest BCUT2D eigenvalue weighted by molar-refractivity contribution is -0.134. The molecule has 29 heavy (non-hydrogen) atoms. The number of rotatable bonds is 4. The van der Waals surface area contributed by atoms with Crippen LogP contribution in [0, 0.1) is 5.82 Å². The lowest BCUT2D eigenvalue weighted by Gasteiger charge is -2.30. The van der Waals surface area contributed by atoms with Crippen molar-refractivity contribution in [3.05, 3.63) is 65.5 Å². The number of amides is 4. The fourth-order valence-electron chi connectivity index (χ4n) is 4.16. The monoisotopic (exact) mass is 395 g/mol. The average molecular weight is 395 g/mol. The van der Waals surface area contributed by atoms with Crippen molar-refractivity contribution in [3.8, 4) is 0 Å². The van der Waals surface area contributed by atoms with Crippen molar-refractivity contribution in [1.29, 1.82) is 0 Å². The van der Waals surface area contributed by atoms with E-state index >= 15 is 0 Å². The Labute approximate surface area is 168 Å². The van der Waals surface area contributed by atoms with E-state index in [0.29, 0.717) is 18.5 Å². The molecule has 2 aromatic rings. The zero-order valence-corrected chi connectivity index (χ0v) is 16.2. The third-order valence-corrected chi connectivity index (χ3v) is 5.75. The Balaban J connectivity index is 1.58. The SMILES string of the molecule is CC[C@]1(c2ccc(F)cc2)NC(=O)N(CC(=O)N2CCCc3ccccc32)C1=O. The minimum atomic E-state index is -1.29. The number of hydrogen-bond acceptors (Lipinski definition) is 3. The second kappa shape index (κ2) is 7.31. The van der Waals surface area contributed by atoms with Crippen molar-refractivity contribution in [2.24, 2.45) is 0 Å². The van der Waals surface area contributed by atoms with E-state index < -0.39 is 23.3 Å². The second-order valence-electron chi connectivity index (χ2n) is 7.36. The number of carbonyl (C=O) groups excluding carboxylic acids is 3. The van der Waals surface area contributed by atoms with E-state index in [2.05, 4.69) is 5.32 Å². The molecule has 2 aliphatic rings. The Kier molecular flexibility index (Phi) is 4.82. The van der Waals surface area contributed by atoms with Crippen LogP contribution in [0.4, 0.5) is 14.9 Å². The van der Waals surface area contributed by atoms with E-state index in [0.717, 1.165) is 29.0 Å². The summed E-state index contributed by atoms with van der Waals surface area (Å²) in [6, 6.07) is 12.5. The van der Waals surface area contributed by atoms with Crippen molar-refractivity contribution in [2.45, 2.75) is 31.7 Å². The van der Waals surface area contributed by atoms with E-state index in [1.807, 2.05) is 24.3 Å². The average Bonchev–Trinajstić information content (AvgIpc) is 2.99. The number of nitrogens with zero attached hydrogens (tertiary/aromatic N) is 2. The number of carbonyl (C=O) groups is 3. The number of anilines is 1. The first-order valence-corrected chi connectivity index (χ1v) is 9.74. The van der Waals surface area contributed by atoms with Gasteiger partial charge in [-0.05, 0) is 48.6 Å². The van der Waals surface area contributed by atoms with Gasteiger partial charge in [-0.3, -0.25) is 14.5 Å². The van der Waals surface area contributed by atoms with Gasteiger partial charge in [0.25, 0.3) is 5.91 Å². The summed E-state index contributed by atoms with van der Waals surface area (Å²) in [5.41, 5.74) is 1.12. The van der Waals surface area contributed by atoms with Crippen molar-refractivity contribution in [3.63, 3.8) is 0 Å². The first kappa shape index (κ1) is 19.1. The first-order valence-electron chi connectivity index (χ1n) is 9.74. The van der Waals surface area contributed by atoms with Gasteiger partial charge in [-0.2, -0.15) is 0 Å². The van der Waals surface area contributed by atoms with Gasteiger partial charge in [0, 0.05) is 12.2 Å². The van der Waals surface area contributed by atoms with E-state index in [4.69, 9.17) is 0 Å². The van der Waals surface area contributed by atoms with Crippen LogP contribution in [0.15, 0.2) is 48.5 Å². The van der Waals surface area contributed by atoms with Gasteiger partial charge in [-0.25, -0.2) is 9.18 Å². The van der Waals surface area contributed by atoms with Gasteiger partial charge in [0.1, 0.15) is 17.9 Å². The Morgan fingerprint density at radius 3 is 2.59 bits per heavy atom. The van der Waals surface area contributed by atoms with Gasteiger partial charge in [-0.1, -0.05) is 37.3 Å². The summed E-state index contributed by atoms with van der Waals surface area (Å²) >= 11 is 0. The van der Waals surface area contributed by atoms with E-state index in [9.17, 15) is 18.8 Å². The maximum absolute atomic E-state index is 13.3. The highest BCUT2D eigenvalue weighted by Crippen LogP contribution is 2.33. The molecule has 150 valence electrons. The molecular weight excluding hydrogens is 373 g/mol. The van der Waals surface area contributed by atoms with Crippen LogP contribution in [-0.4, -0.2) is 35.8 Å². The first-order chi connectivity index (χ1) is 14.0. The zero-order valence-electron chi connectivity index (χ0n) is 16.2. The molecule has 0 unspecified atom stereocenters. The Morgan fingerprint density at radius 2 is 1.86 bits per heavy atom. The van der Waals surface area contributed by atoms with Crippen LogP contribution in [0.2, 0.25) is 0 Å². The highest BCUT2D eigenvalue weighted by Gasteiger charge is 2.51. The molecule has 1 saturated heterocycles. The fourth-order valence-corrected chi connectivity index (χ4v) is 4.16. The Hall–Kier alpha value is -3.22. The molecule has 0 radical (unpaired) electrons. The molecule has 2 aromatic carbocycles. The van der Waals surface area contributed by atoms with Crippen molar-refractivity contribution >= 4 is 23.5 Å². The summed E-state index contributed by atoms with van der Waals surface area (Å²) in [7, 11) is 0. The molecule has 2 aliphatic heterocycles. The number of nitrogens with one attached hydrogen (secondary N) is 1. The molecule has 1 N–H and O–H groups in total. The predicted molar refractivity (Wildman–Crippen MR) is 106 cm³/mol. The number of halogens is 1. The molecule has 0 aliphatic carbocycles. The van der Waals surface area contributed by atoms with Crippen LogP contribution in [0.25, 0.3) is 0 Å². The van der Waals surface area contributed by atoms with E-state index in [1.54, 1.807) is 11.8 Å². The maximum atomic E-state index is 13.3. The number of aryl methyl sites for hydroxylation is 1. The summed E-state index contributed by atoms with van der Waals surface area (Å²) < 4.78 is 13.3. The van der Waals surface area contributed by atoms with Gasteiger partial charge >= 0.3 is 6.03 Å². The summed E-state index contributed by atoms with van der Waals surface area (Å²) in [6.07, 6.45) is 2.02. The van der Waals surface area contributed by atoms with Crippen LogP contribution in [0.1, 0.15) is 30.9 Å². The van der Waals surface area contributed by atoms with E-state index in [1.165, 1.54) is 24.3 Å². The van der Waals surface area contributed by atoms with Gasteiger partial charge in [0.2, 0.25) is 5.91 Å². The second-order valence-corrected chi connectivity index (χ2v) is 7.36. The molecule has 4 amide bonds. The lowest BCUT2D eigenvalue weighted by Crippen LogP contribution is -2.46. The highest BCUT2D eigenvalue weighted by atomic mass is 19.1. The number of fused-ring (bicyclic) bond motifs is 1. The van der Waals surface area contributed by atoms with Gasteiger partial charge in [0.15, 0.2) is 0 Å². The highest BCUT2D eigenvalue weighted by molar-refractivity contribution is 6.10. The molecule has 0 spiro atoms. The number of para-hydroxylation sites is 1. The van der Waals surface area contributed by atoms with Crippen LogP contribution >= 0.6 is 0 Å². The summed E-state index contributed by atoms with van der Waals surface area (Å²) in [6.45, 7) is 1.99. The normalized spacial score (nSPS) is 21.2. The largest absolute Gasteiger partial charge is 0.325 e. The zero-order chi connectivity index (χ0) is 20.6. The third-order valence-electron chi connectivity index (χ3n) is 5.75. The molecule has 0 bridgehead atoms. The lowest BCUT2D eigenvalue weighted by atomic mass is 9.87. The molecule has 4 rings (SSSR count). The summed E-state index contributed by atoms with van der Waals surface area (Å²) in [5.74, 6) is -1.21. The van der Waals surface area contributed by atoms with Gasteiger partial charge in [0.05, 0.1) is 0 Å². The smallest absolute Gasteiger partial charge is 0.319 e. The van der Waals surface area contributed by atoms with E-state index in [-0.39, 0.29) is 12.5 Å². The number of hydrogen-bond donors (Lipinski definition) is 1. The molecular formula is C22H22FN3O3. The molecule has 2 heterocycles. The predicted octanol–water partition coefficient (Wildman–Crippen LogP) is 2.96. The Morgan fingerprint density at radius 1 is 1.14 bits per heavy atom. The molecule has 0 aromatic heterocycles. The molecule has 6 nitrogen and oxygen atoms in total. The molecule has 1 atom stereocenters. The van der Waals surface area contributed by atoms with Gasteiger partial charge < -0.3 is 10.2 Å². The number of urea groups is 1. The minimum Gasteiger partial charge on any atom is -0.319 e. The summed E-state index contributed by atoms with van der Waals surface area (Å²) in [5, 5.41) is 2.72. The number of imide groups is 1. The maximum Gasteiger partial charge on any atom is 0.325 e. The molecule has 1 fully saturated rings. The topological polar surface area (TPSA) is 69.7 Å². The van der Waals surface area contributed by atoms with Crippen molar-refractivity contribution in [1.82, 2.24) is 10.2 Å².